The molecule has 0 bridgehead atoms. The normalized spacial score (nSPS) is 16.4. The van der Waals surface area contributed by atoms with E-state index in [1.165, 1.54) is 12.0 Å². The molecule has 8 nitrogen and oxygen atoms in total. The average Bonchev–Trinajstić information content (AvgIpc) is 3.45. The number of hydrogen-bond donors (Lipinski definition) is 1. The summed E-state index contributed by atoms with van der Waals surface area (Å²) in [7, 11) is 1.25. The van der Waals surface area contributed by atoms with Crippen molar-refractivity contribution in [1.82, 2.24) is 4.98 Å². The zero-order valence-electron chi connectivity index (χ0n) is 20.8. The van der Waals surface area contributed by atoms with Crippen LogP contribution in [0.3, 0.4) is 0 Å². The number of hydrogen-bond acceptors (Lipinski definition) is 8. The van der Waals surface area contributed by atoms with E-state index in [2.05, 4.69) is 4.98 Å². The SMILES string of the molecule is COC(=O)c1sc(N2C(=O)C(=O)C(=C(O)c3ccc(Cl)cc3)[C@@H]2c2cccc(Oc3ccccc3)c2)nc1C. The van der Waals surface area contributed by atoms with Gasteiger partial charge >= 0.3 is 11.9 Å². The number of carbonyl (C=O) groups is 3. The van der Waals surface area contributed by atoms with Gasteiger partial charge in [0.05, 0.1) is 24.4 Å². The van der Waals surface area contributed by atoms with E-state index < -0.39 is 23.7 Å². The topological polar surface area (TPSA) is 106 Å². The second-order valence-electron chi connectivity index (χ2n) is 8.57. The number of nitrogens with zero attached hydrogens (tertiary/aromatic N) is 2. The number of aryl methyl sites for hydroxylation is 1. The third-order valence-electron chi connectivity index (χ3n) is 6.08. The summed E-state index contributed by atoms with van der Waals surface area (Å²) < 4.78 is 10.8. The minimum Gasteiger partial charge on any atom is -0.507 e. The van der Waals surface area contributed by atoms with Crippen LogP contribution < -0.4 is 9.64 Å². The maximum atomic E-state index is 13.5. The van der Waals surface area contributed by atoms with E-state index in [-0.39, 0.29) is 21.3 Å². The molecule has 4 aromatic rings. The molecular weight excluding hydrogens is 540 g/mol. The van der Waals surface area contributed by atoms with Crippen LogP contribution in [0.15, 0.2) is 84.4 Å². The Bertz CT molecular complexity index is 1610. The van der Waals surface area contributed by atoms with Crippen molar-refractivity contribution >= 4 is 51.5 Å². The predicted molar refractivity (Wildman–Crippen MR) is 147 cm³/mol. The molecule has 5 rings (SSSR count). The molecule has 0 unspecified atom stereocenters. The first-order chi connectivity index (χ1) is 18.8. The molecule has 39 heavy (non-hydrogen) atoms. The number of halogens is 1. The number of aliphatic hydroxyl groups excluding tert-OH is 1. The summed E-state index contributed by atoms with van der Waals surface area (Å²) in [6.07, 6.45) is 0. The van der Waals surface area contributed by atoms with Crippen LogP contribution in [-0.4, -0.2) is 34.9 Å². The Labute approximate surface area is 232 Å². The van der Waals surface area contributed by atoms with Crippen LogP contribution in [0.25, 0.3) is 5.76 Å². The number of thiazole rings is 1. The number of amides is 1. The fourth-order valence-electron chi connectivity index (χ4n) is 4.25. The third kappa shape index (κ3) is 5.01. The lowest BCUT2D eigenvalue weighted by Gasteiger charge is -2.23. The Hall–Kier alpha value is -4.47. The molecule has 1 amide bonds. The third-order valence-corrected chi connectivity index (χ3v) is 7.47. The minimum absolute atomic E-state index is 0.115. The predicted octanol–water partition coefficient (Wildman–Crippen LogP) is 6.31. The van der Waals surface area contributed by atoms with Gasteiger partial charge in [0.15, 0.2) is 5.13 Å². The maximum absolute atomic E-state index is 13.5. The second kappa shape index (κ2) is 10.7. The Morgan fingerprint density at radius 2 is 1.69 bits per heavy atom. The fourth-order valence-corrected chi connectivity index (χ4v) is 5.39. The molecule has 2 heterocycles. The van der Waals surface area contributed by atoms with E-state index in [1.54, 1.807) is 67.6 Å². The molecular formula is C29H21ClN2O6S. The number of benzene rings is 3. The summed E-state index contributed by atoms with van der Waals surface area (Å²) in [5, 5.41) is 11.9. The molecule has 0 aliphatic carbocycles. The number of aliphatic hydroxyl groups is 1. The Morgan fingerprint density at radius 3 is 2.38 bits per heavy atom. The highest BCUT2D eigenvalue weighted by atomic mass is 35.5. The molecule has 0 radical (unpaired) electrons. The van der Waals surface area contributed by atoms with Crippen molar-refractivity contribution in [2.45, 2.75) is 13.0 Å². The molecule has 1 aliphatic heterocycles. The Balaban J connectivity index is 1.67. The molecule has 0 spiro atoms. The monoisotopic (exact) mass is 560 g/mol. The number of aromatic nitrogens is 1. The highest BCUT2D eigenvalue weighted by Crippen LogP contribution is 2.44. The van der Waals surface area contributed by atoms with Crippen LogP contribution in [0.1, 0.15) is 32.5 Å². The van der Waals surface area contributed by atoms with Crippen molar-refractivity contribution in [3.63, 3.8) is 0 Å². The highest BCUT2D eigenvalue weighted by molar-refractivity contribution is 7.17. The van der Waals surface area contributed by atoms with E-state index in [9.17, 15) is 19.5 Å². The van der Waals surface area contributed by atoms with Gasteiger partial charge in [-0.2, -0.15) is 0 Å². The zero-order valence-corrected chi connectivity index (χ0v) is 22.3. The van der Waals surface area contributed by atoms with E-state index in [4.69, 9.17) is 21.1 Å². The number of anilines is 1. The van der Waals surface area contributed by atoms with Gasteiger partial charge in [-0.3, -0.25) is 14.5 Å². The number of Topliss-reactive ketones (excluding diaryl/α,β-unsaturated/α-hetero) is 1. The quantitative estimate of drug-likeness (QED) is 0.127. The van der Waals surface area contributed by atoms with E-state index >= 15 is 0 Å². The summed E-state index contributed by atoms with van der Waals surface area (Å²) in [5.41, 5.74) is 1.02. The number of methoxy groups -OCH3 is 1. The molecule has 1 fully saturated rings. The van der Waals surface area contributed by atoms with Crippen LogP contribution >= 0.6 is 22.9 Å². The number of carbonyl (C=O) groups excluding carboxylic acids is 3. The van der Waals surface area contributed by atoms with Gasteiger partial charge in [-0.1, -0.05) is 53.3 Å². The molecule has 1 N–H and O–H groups in total. The van der Waals surface area contributed by atoms with Gasteiger partial charge in [0.25, 0.3) is 5.78 Å². The average molecular weight is 561 g/mol. The Morgan fingerprint density at radius 1 is 1.00 bits per heavy atom. The van der Waals surface area contributed by atoms with Crippen molar-refractivity contribution in [2.75, 3.05) is 12.0 Å². The van der Waals surface area contributed by atoms with Gasteiger partial charge < -0.3 is 14.6 Å². The first kappa shape index (κ1) is 26.1. The zero-order chi connectivity index (χ0) is 27.7. The van der Waals surface area contributed by atoms with Gasteiger partial charge in [0.1, 0.15) is 22.1 Å². The van der Waals surface area contributed by atoms with Crippen LogP contribution in [0.2, 0.25) is 5.02 Å². The van der Waals surface area contributed by atoms with Crippen molar-refractivity contribution in [3.05, 3.63) is 111 Å². The number of ether oxygens (including phenoxy) is 2. The van der Waals surface area contributed by atoms with Crippen LogP contribution in [-0.2, 0) is 14.3 Å². The second-order valence-corrected chi connectivity index (χ2v) is 9.98. The van der Waals surface area contributed by atoms with Crippen LogP contribution in [0.5, 0.6) is 11.5 Å². The van der Waals surface area contributed by atoms with E-state index in [1.807, 2.05) is 18.2 Å². The van der Waals surface area contributed by atoms with Crippen LogP contribution in [0.4, 0.5) is 5.13 Å². The van der Waals surface area contributed by atoms with Gasteiger partial charge in [-0.05, 0) is 61.0 Å². The summed E-state index contributed by atoms with van der Waals surface area (Å²) in [4.78, 5) is 44.9. The molecule has 1 atom stereocenters. The number of esters is 1. The van der Waals surface area contributed by atoms with Gasteiger partial charge in [0, 0.05) is 10.6 Å². The number of ketones is 1. The van der Waals surface area contributed by atoms with Crippen molar-refractivity contribution in [1.29, 1.82) is 0 Å². The standard InChI is InChI=1S/C29H21ClN2O6S/c1-16-26(28(36)37-2)39-29(31-16)32-23(18-7-6-10-21(15-18)38-20-8-4-3-5-9-20)22(25(34)27(32)35)24(33)17-11-13-19(30)14-12-17/h3-15,23,33H,1-2H3/t23-/m0/s1. The largest absolute Gasteiger partial charge is 0.507 e. The smallest absolute Gasteiger partial charge is 0.350 e. The van der Waals surface area contributed by atoms with Crippen molar-refractivity contribution in [2.24, 2.45) is 0 Å². The minimum atomic E-state index is -1.06. The van der Waals surface area contributed by atoms with E-state index in [0.29, 0.717) is 33.3 Å². The molecule has 10 heteroatoms. The van der Waals surface area contributed by atoms with E-state index in [0.717, 1.165) is 11.3 Å². The molecule has 0 saturated carbocycles. The summed E-state index contributed by atoms with van der Waals surface area (Å²) in [6.45, 7) is 1.61. The van der Waals surface area contributed by atoms with Crippen LogP contribution in [0, 0.1) is 6.92 Å². The number of para-hydroxylation sites is 1. The summed E-state index contributed by atoms with van der Waals surface area (Å²) in [6, 6.07) is 21.2. The van der Waals surface area contributed by atoms with Crippen molar-refractivity contribution in [3.8, 4) is 11.5 Å². The molecule has 1 aliphatic rings. The molecule has 196 valence electrons. The lowest BCUT2D eigenvalue weighted by molar-refractivity contribution is -0.132. The van der Waals surface area contributed by atoms with Gasteiger partial charge in [-0.25, -0.2) is 9.78 Å². The van der Waals surface area contributed by atoms with Gasteiger partial charge in [0.2, 0.25) is 0 Å². The maximum Gasteiger partial charge on any atom is 0.350 e. The van der Waals surface area contributed by atoms with Crippen molar-refractivity contribution < 1.29 is 29.0 Å². The lowest BCUT2D eigenvalue weighted by Crippen LogP contribution is -2.29. The lowest BCUT2D eigenvalue weighted by atomic mass is 9.95. The summed E-state index contributed by atoms with van der Waals surface area (Å²) in [5.74, 6) is -1.70. The van der Waals surface area contributed by atoms with Gasteiger partial charge in [-0.15, -0.1) is 0 Å². The Kier molecular flexibility index (Phi) is 7.19. The molecule has 1 saturated heterocycles. The molecule has 1 aromatic heterocycles. The first-order valence-corrected chi connectivity index (χ1v) is 12.9. The molecule has 3 aromatic carbocycles. The fraction of sp³-hybridized carbons (Fsp3) is 0.103. The summed E-state index contributed by atoms with van der Waals surface area (Å²) >= 11 is 6.93. The highest BCUT2D eigenvalue weighted by Gasteiger charge is 2.48. The first-order valence-electron chi connectivity index (χ1n) is 11.7. The number of rotatable bonds is 6.